The lowest BCUT2D eigenvalue weighted by Gasteiger charge is -2.34. The first-order valence-electron chi connectivity index (χ1n) is 9.47. The number of nitrogens with zero attached hydrogens (tertiary/aromatic N) is 3. The quantitative estimate of drug-likeness (QED) is 0.564. The van der Waals surface area contributed by atoms with Crippen LogP contribution in [0.4, 0.5) is 5.13 Å². The van der Waals surface area contributed by atoms with Crippen molar-refractivity contribution in [3.05, 3.63) is 48.0 Å². The first kappa shape index (κ1) is 21.7. The second-order valence-corrected chi connectivity index (χ2v) is 12.5. The molecule has 4 rings (SSSR count). The third-order valence-corrected chi connectivity index (χ3v) is 8.46. The Morgan fingerprint density at radius 2 is 1.45 bits per heavy atom. The van der Waals surface area contributed by atoms with E-state index in [2.05, 4.69) is 9.88 Å². The summed E-state index contributed by atoms with van der Waals surface area (Å²) in [6, 6.07) is 10.9. The van der Waals surface area contributed by atoms with E-state index < -0.39 is 19.7 Å². The number of thiazole rings is 1. The topological polar surface area (TPSA) is 105 Å². The molecule has 1 saturated heterocycles. The highest BCUT2D eigenvalue weighted by Gasteiger charge is 2.24. The molecule has 11 heteroatoms. The molecule has 2 heterocycles. The molecular weight excluding hydrogens is 458 g/mol. The summed E-state index contributed by atoms with van der Waals surface area (Å²) in [6.45, 7) is 2.23. The molecule has 1 aliphatic heterocycles. The fourth-order valence-corrected chi connectivity index (χ4v) is 5.80. The molecule has 1 aromatic heterocycles. The van der Waals surface area contributed by atoms with Gasteiger partial charge >= 0.3 is 0 Å². The van der Waals surface area contributed by atoms with E-state index in [0.29, 0.717) is 31.7 Å². The van der Waals surface area contributed by atoms with Crippen LogP contribution in [0.2, 0.25) is 0 Å². The Kier molecular flexibility index (Phi) is 5.52. The summed E-state index contributed by atoms with van der Waals surface area (Å²) in [5.74, 6) is -0.137. The van der Waals surface area contributed by atoms with Crippen LogP contribution in [0.15, 0.2) is 52.3 Å². The zero-order valence-corrected chi connectivity index (χ0v) is 19.4. The van der Waals surface area contributed by atoms with Crippen LogP contribution in [0.3, 0.4) is 0 Å². The molecule has 164 valence electrons. The van der Waals surface area contributed by atoms with Crippen LogP contribution in [0.1, 0.15) is 10.4 Å². The molecule has 1 aliphatic rings. The maximum Gasteiger partial charge on any atom is 0.253 e. The molecule has 0 aliphatic carbocycles. The molecule has 31 heavy (non-hydrogen) atoms. The lowest BCUT2D eigenvalue weighted by Crippen LogP contribution is -2.48. The Morgan fingerprint density at radius 1 is 0.871 bits per heavy atom. The van der Waals surface area contributed by atoms with Crippen LogP contribution in [0.25, 0.3) is 10.2 Å². The molecule has 0 saturated carbocycles. The van der Waals surface area contributed by atoms with Crippen LogP contribution >= 0.6 is 11.3 Å². The van der Waals surface area contributed by atoms with Crippen LogP contribution in [0, 0.1) is 0 Å². The number of carbonyl (C=O) groups is 1. The second kappa shape index (κ2) is 7.88. The number of fused-ring (bicyclic) bond motifs is 1. The standard InChI is InChI=1S/C20H21N3O5S3/c1-30(25,26)15-5-3-14(4-6-15)19(24)22-9-11-23(12-10-22)20-21-17-8-7-16(31(2,27)28)13-18(17)29-20/h3-8,13H,9-12H2,1-2H3. The highest BCUT2D eigenvalue weighted by Crippen LogP contribution is 2.31. The number of piperazine rings is 1. The number of carbonyl (C=O) groups excluding carboxylic acids is 1. The zero-order chi connectivity index (χ0) is 22.4. The van der Waals surface area contributed by atoms with Crippen molar-refractivity contribution in [3.63, 3.8) is 0 Å². The van der Waals surface area contributed by atoms with Crippen molar-refractivity contribution in [1.29, 1.82) is 0 Å². The van der Waals surface area contributed by atoms with Crippen molar-refractivity contribution in [1.82, 2.24) is 9.88 Å². The molecular formula is C20H21N3O5S3. The fraction of sp³-hybridized carbons (Fsp3) is 0.300. The lowest BCUT2D eigenvalue weighted by molar-refractivity contribution is 0.0746. The second-order valence-electron chi connectivity index (χ2n) is 7.47. The summed E-state index contributed by atoms with van der Waals surface area (Å²) in [7, 11) is -6.58. The van der Waals surface area contributed by atoms with Gasteiger partial charge in [0.1, 0.15) is 0 Å². The Morgan fingerprint density at radius 3 is 2.03 bits per heavy atom. The summed E-state index contributed by atoms with van der Waals surface area (Å²) in [6.07, 6.45) is 2.31. The molecule has 0 unspecified atom stereocenters. The van der Waals surface area contributed by atoms with Crippen LogP contribution in [0.5, 0.6) is 0 Å². The first-order chi connectivity index (χ1) is 14.5. The van der Waals surface area contributed by atoms with Gasteiger partial charge in [-0.3, -0.25) is 4.79 Å². The van der Waals surface area contributed by atoms with Crippen LogP contribution in [-0.2, 0) is 19.7 Å². The predicted molar refractivity (Wildman–Crippen MR) is 120 cm³/mol. The van der Waals surface area contributed by atoms with Crippen LogP contribution in [-0.4, -0.2) is 71.3 Å². The van der Waals surface area contributed by atoms with E-state index in [4.69, 9.17) is 0 Å². The SMILES string of the molecule is CS(=O)(=O)c1ccc(C(=O)N2CCN(c3nc4ccc(S(C)(=O)=O)cc4s3)CC2)cc1. The number of aromatic nitrogens is 1. The molecule has 0 bridgehead atoms. The summed E-state index contributed by atoms with van der Waals surface area (Å²) in [5, 5.41) is 0.797. The minimum Gasteiger partial charge on any atom is -0.345 e. The van der Waals surface area contributed by atoms with Gasteiger partial charge in [-0.25, -0.2) is 21.8 Å². The third kappa shape index (κ3) is 4.58. The van der Waals surface area contributed by atoms with E-state index in [1.807, 2.05) is 0 Å². The normalized spacial score (nSPS) is 15.4. The zero-order valence-electron chi connectivity index (χ0n) is 17.0. The number of sulfone groups is 2. The van der Waals surface area contributed by atoms with Gasteiger partial charge in [0.25, 0.3) is 5.91 Å². The van der Waals surface area contributed by atoms with Gasteiger partial charge in [0.2, 0.25) is 0 Å². The number of hydrogen-bond acceptors (Lipinski definition) is 8. The predicted octanol–water partition coefficient (Wildman–Crippen LogP) is 2.07. The van der Waals surface area contributed by atoms with Gasteiger partial charge in [0.05, 0.1) is 20.0 Å². The van der Waals surface area contributed by atoms with Crippen LogP contribution < -0.4 is 4.90 Å². The van der Waals surface area contributed by atoms with Crippen molar-refractivity contribution < 1.29 is 21.6 Å². The van der Waals surface area contributed by atoms with E-state index in [1.165, 1.54) is 41.9 Å². The maximum absolute atomic E-state index is 12.8. The molecule has 0 atom stereocenters. The minimum absolute atomic E-state index is 0.137. The Labute approximate surface area is 185 Å². The molecule has 2 aromatic carbocycles. The maximum atomic E-state index is 12.8. The molecule has 0 radical (unpaired) electrons. The van der Waals surface area contributed by atoms with E-state index in [-0.39, 0.29) is 15.7 Å². The van der Waals surface area contributed by atoms with Crippen molar-refractivity contribution >= 4 is 52.3 Å². The molecule has 0 N–H and O–H groups in total. The van der Waals surface area contributed by atoms with Crippen molar-refractivity contribution in [2.75, 3.05) is 43.6 Å². The van der Waals surface area contributed by atoms with E-state index in [9.17, 15) is 21.6 Å². The summed E-state index contributed by atoms with van der Waals surface area (Å²) >= 11 is 1.43. The molecule has 8 nitrogen and oxygen atoms in total. The molecule has 3 aromatic rings. The lowest BCUT2D eigenvalue weighted by atomic mass is 10.2. The van der Waals surface area contributed by atoms with Gasteiger partial charge in [-0.05, 0) is 42.5 Å². The average Bonchev–Trinajstić information content (AvgIpc) is 3.15. The number of amides is 1. The van der Waals surface area contributed by atoms with E-state index in [0.717, 1.165) is 21.6 Å². The molecule has 0 spiro atoms. The van der Waals surface area contributed by atoms with Gasteiger partial charge in [0.15, 0.2) is 24.8 Å². The van der Waals surface area contributed by atoms with E-state index in [1.54, 1.807) is 23.1 Å². The van der Waals surface area contributed by atoms with Gasteiger partial charge in [-0.1, -0.05) is 11.3 Å². The Bertz CT molecular complexity index is 1350. The monoisotopic (exact) mass is 479 g/mol. The smallest absolute Gasteiger partial charge is 0.253 e. The highest BCUT2D eigenvalue weighted by atomic mass is 32.2. The molecule has 1 amide bonds. The largest absolute Gasteiger partial charge is 0.345 e. The van der Waals surface area contributed by atoms with Crippen molar-refractivity contribution in [3.8, 4) is 0 Å². The Balaban J connectivity index is 1.45. The Hall–Kier alpha value is -2.50. The summed E-state index contributed by atoms with van der Waals surface area (Å²) in [5.41, 5.74) is 1.20. The summed E-state index contributed by atoms with van der Waals surface area (Å²) in [4.78, 5) is 21.7. The van der Waals surface area contributed by atoms with Crippen molar-refractivity contribution in [2.45, 2.75) is 9.79 Å². The highest BCUT2D eigenvalue weighted by molar-refractivity contribution is 7.91. The van der Waals surface area contributed by atoms with Gasteiger partial charge in [-0.15, -0.1) is 0 Å². The van der Waals surface area contributed by atoms with Crippen molar-refractivity contribution in [2.24, 2.45) is 0 Å². The number of rotatable bonds is 4. The number of benzene rings is 2. The van der Waals surface area contributed by atoms with Gasteiger partial charge in [-0.2, -0.15) is 0 Å². The van der Waals surface area contributed by atoms with E-state index >= 15 is 0 Å². The number of hydrogen-bond donors (Lipinski definition) is 0. The summed E-state index contributed by atoms with van der Waals surface area (Å²) < 4.78 is 47.5. The fourth-order valence-electron chi connectivity index (χ4n) is 3.39. The minimum atomic E-state index is -3.30. The number of anilines is 1. The average molecular weight is 480 g/mol. The first-order valence-corrected chi connectivity index (χ1v) is 14.1. The van der Waals surface area contributed by atoms with Gasteiger partial charge in [0, 0.05) is 44.3 Å². The van der Waals surface area contributed by atoms with Gasteiger partial charge < -0.3 is 9.80 Å². The molecule has 1 fully saturated rings. The third-order valence-electron chi connectivity index (χ3n) is 5.14.